The summed E-state index contributed by atoms with van der Waals surface area (Å²) in [6, 6.07) is 7.38. The van der Waals surface area contributed by atoms with E-state index >= 15 is 0 Å². The van der Waals surface area contributed by atoms with Gasteiger partial charge in [0, 0.05) is 6.20 Å². The first-order valence-electron chi connectivity index (χ1n) is 10.9. The van der Waals surface area contributed by atoms with Gasteiger partial charge in [-0.3, -0.25) is 15.6 Å². The predicted molar refractivity (Wildman–Crippen MR) is 120 cm³/mol. The Labute approximate surface area is 195 Å². The van der Waals surface area contributed by atoms with Gasteiger partial charge >= 0.3 is 5.96 Å². The fraction of sp³-hybridized carbons (Fsp3) is 0.333. The van der Waals surface area contributed by atoms with Gasteiger partial charge in [-0.1, -0.05) is 6.07 Å². The number of nitrogens with two attached hydrogens (primary N) is 1. The molecule has 1 aliphatic rings. The number of guanidine groups is 1. The zero-order valence-corrected chi connectivity index (χ0v) is 18.9. The van der Waals surface area contributed by atoms with Crippen LogP contribution in [0.3, 0.4) is 0 Å². The van der Waals surface area contributed by atoms with Crippen LogP contribution in [0.25, 0.3) is 5.69 Å². The molecule has 4 N–H and O–H groups in total. The molecule has 180 valence electrons. The van der Waals surface area contributed by atoms with E-state index in [9.17, 15) is 18.3 Å². The van der Waals surface area contributed by atoms with Gasteiger partial charge in [-0.2, -0.15) is 0 Å². The molecule has 2 aromatic carbocycles. The Balaban J connectivity index is 1.53. The summed E-state index contributed by atoms with van der Waals surface area (Å²) in [5, 5.41) is 13.8. The van der Waals surface area contributed by atoms with E-state index in [-0.39, 0.29) is 18.2 Å². The quantitative estimate of drug-likeness (QED) is 0.378. The first kappa shape index (κ1) is 23.6. The molecule has 2 atom stereocenters. The first-order chi connectivity index (χ1) is 16.3. The Morgan fingerprint density at radius 1 is 1.26 bits per heavy atom. The Bertz CT molecular complexity index is 1200. The second-order valence-electron chi connectivity index (χ2n) is 8.34. The number of halogens is 3. The van der Waals surface area contributed by atoms with E-state index in [1.54, 1.807) is 18.0 Å². The van der Waals surface area contributed by atoms with Crippen molar-refractivity contribution in [3.05, 3.63) is 77.1 Å². The summed E-state index contributed by atoms with van der Waals surface area (Å²) in [6.45, 7) is 2.44. The number of rotatable bonds is 6. The molecular weight excluding hydrogens is 447 g/mol. The van der Waals surface area contributed by atoms with E-state index < -0.39 is 23.6 Å². The smallest absolute Gasteiger partial charge is 0.344 e. The summed E-state index contributed by atoms with van der Waals surface area (Å²) >= 11 is 0. The SMILES string of the molecule is COc1cc(C2CCC[N+](CC(O)c3cc(F)c(F)c(F)c3)=C(N)N2)ccc1-n1cnc(C)c1. The highest BCUT2D eigenvalue weighted by molar-refractivity contribution is 5.73. The van der Waals surface area contributed by atoms with Crippen LogP contribution in [0.2, 0.25) is 0 Å². The second kappa shape index (κ2) is 9.76. The molecule has 7 nitrogen and oxygen atoms in total. The average Bonchev–Trinajstić information content (AvgIpc) is 3.17. The first-order valence-corrected chi connectivity index (χ1v) is 10.9. The van der Waals surface area contributed by atoms with Crippen molar-refractivity contribution in [2.24, 2.45) is 5.73 Å². The number of aliphatic hydroxyl groups is 1. The van der Waals surface area contributed by atoms with Crippen molar-refractivity contribution in [3.63, 3.8) is 0 Å². The van der Waals surface area contributed by atoms with Crippen LogP contribution in [0, 0.1) is 24.4 Å². The van der Waals surface area contributed by atoms with Crippen LogP contribution in [0.4, 0.5) is 13.2 Å². The normalized spacial score (nSPS) is 17.3. The minimum absolute atomic E-state index is 0.00168. The molecule has 0 saturated carbocycles. The van der Waals surface area contributed by atoms with Gasteiger partial charge in [0.15, 0.2) is 17.5 Å². The van der Waals surface area contributed by atoms with Gasteiger partial charge in [-0.15, -0.1) is 0 Å². The third kappa shape index (κ3) is 4.86. The van der Waals surface area contributed by atoms with Gasteiger partial charge in [0.05, 0.1) is 37.9 Å². The molecule has 2 heterocycles. The highest BCUT2D eigenvalue weighted by Gasteiger charge is 2.26. The minimum atomic E-state index is -1.56. The molecule has 34 heavy (non-hydrogen) atoms. The summed E-state index contributed by atoms with van der Waals surface area (Å²) in [5.74, 6) is -3.23. The highest BCUT2D eigenvalue weighted by atomic mass is 19.2. The van der Waals surface area contributed by atoms with Crippen LogP contribution in [-0.2, 0) is 0 Å². The number of imidazole rings is 1. The lowest BCUT2D eigenvalue weighted by Gasteiger charge is -2.17. The lowest BCUT2D eigenvalue weighted by molar-refractivity contribution is -0.539. The highest BCUT2D eigenvalue weighted by Crippen LogP contribution is 2.30. The third-order valence-corrected chi connectivity index (χ3v) is 5.96. The summed E-state index contributed by atoms with van der Waals surface area (Å²) in [7, 11) is 1.61. The summed E-state index contributed by atoms with van der Waals surface area (Å²) in [4.78, 5) is 4.26. The Hall–Kier alpha value is -3.53. The van der Waals surface area contributed by atoms with Gasteiger partial charge in [0.2, 0.25) is 0 Å². The number of nitrogens with one attached hydrogen (secondary N) is 1. The molecule has 1 aliphatic heterocycles. The number of benzene rings is 2. The lowest BCUT2D eigenvalue weighted by atomic mass is 10.0. The van der Waals surface area contributed by atoms with Gasteiger partial charge in [-0.25, -0.2) is 18.2 Å². The number of hydrogen-bond acceptors (Lipinski definition) is 5. The van der Waals surface area contributed by atoms with Crippen molar-refractivity contribution in [3.8, 4) is 11.4 Å². The van der Waals surface area contributed by atoms with E-state index in [2.05, 4.69) is 10.3 Å². The number of nitrogens with zero attached hydrogens (tertiary/aromatic N) is 3. The number of methoxy groups -OCH3 is 1. The maximum Gasteiger partial charge on any atom is 0.344 e. The molecule has 0 aliphatic carbocycles. The molecule has 0 fully saturated rings. The molecule has 4 rings (SSSR count). The number of ether oxygens (including phenoxy) is 1. The Kier molecular flexibility index (Phi) is 6.78. The van der Waals surface area contributed by atoms with E-state index in [4.69, 9.17) is 10.5 Å². The molecule has 3 aromatic rings. The minimum Gasteiger partial charge on any atom is -0.495 e. The number of aromatic nitrogens is 2. The van der Waals surface area contributed by atoms with Crippen molar-refractivity contribution in [1.82, 2.24) is 14.9 Å². The van der Waals surface area contributed by atoms with Crippen molar-refractivity contribution in [1.29, 1.82) is 0 Å². The van der Waals surface area contributed by atoms with E-state index in [1.807, 2.05) is 35.9 Å². The number of hydrogen-bond donors (Lipinski definition) is 3. The van der Waals surface area contributed by atoms with Crippen LogP contribution in [0.1, 0.15) is 41.8 Å². The summed E-state index contributed by atoms with van der Waals surface area (Å²) in [5.41, 5.74) is 8.96. The Morgan fingerprint density at radius 2 is 2.00 bits per heavy atom. The van der Waals surface area contributed by atoms with Crippen molar-refractivity contribution >= 4 is 5.96 Å². The molecular formula is C24H27F3N5O2+. The zero-order valence-electron chi connectivity index (χ0n) is 18.9. The van der Waals surface area contributed by atoms with Crippen LogP contribution in [0.5, 0.6) is 5.75 Å². The third-order valence-electron chi connectivity index (χ3n) is 5.96. The van der Waals surface area contributed by atoms with Gasteiger partial charge in [-0.05, 0) is 55.2 Å². The van der Waals surface area contributed by atoms with Gasteiger partial charge in [0.1, 0.15) is 17.9 Å². The van der Waals surface area contributed by atoms with Crippen molar-refractivity contribution in [2.45, 2.75) is 31.9 Å². The summed E-state index contributed by atoms with van der Waals surface area (Å²) < 4.78 is 49.6. The fourth-order valence-corrected chi connectivity index (χ4v) is 4.15. The van der Waals surface area contributed by atoms with Crippen LogP contribution in [0.15, 0.2) is 42.9 Å². The van der Waals surface area contributed by atoms with E-state index in [1.165, 1.54) is 0 Å². The molecule has 0 amide bonds. The predicted octanol–water partition coefficient (Wildman–Crippen LogP) is 3.09. The second-order valence-corrected chi connectivity index (χ2v) is 8.34. The molecule has 0 saturated heterocycles. The van der Waals surface area contributed by atoms with Crippen molar-refractivity contribution in [2.75, 3.05) is 20.2 Å². The molecule has 0 spiro atoms. The number of aliphatic hydroxyl groups excluding tert-OH is 1. The Morgan fingerprint density at radius 3 is 2.65 bits per heavy atom. The molecule has 0 radical (unpaired) electrons. The maximum atomic E-state index is 13.6. The summed E-state index contributed by atoms with van der Waals surface area (Å²) in [6.07, 6.45) is 3.90. The molecule has 0 bridgehead atoms. The van der Waals surface area contributed by atoms with Crippen molar-refractivity contribution < 1.29 is 27.6 Å². The number of β-amino-alcohol motifs (C(OH)–C–C–N with tert-alkyl or cyclic N) is 1. The van der Waals surface area contributed by atoms with Gasteiger partial charge in [0.25, 0.3) is 0 Å². The van der Waals surface area contributed by atoms with Gasteiger partial charge < -0.3 is 14.4 Å². The lowest BCUT2D eigenvalue weighted by Crippen LogP contribution is -2.42. The molecule has 10 heteroatoms. The number of aryl methyl sites for hydroxylation is 1. The average molecular weight is 475 g/mol. The fourth-order valence-electron chi connectivity index (χ4n) is 4.15. The maximum absolute atomic E-state index is 13.6. The van der Waals surface area contributed by atoms with Crippen LogP contribution >= 0.6 is 0 Å². The van der Waals surface area contributed by atoms with E-state index in [0.29, 0.717) is 18.3 Å². The van der Waals surface area contributed by atoms with Crippen LogP contribution in [-0.4, -0.2) is 45.4 Å². The largest absolute Gasteiger partial charge is 0.495 e. The standard InChI is InChI=1S/C24H26F3N5O2/c1-14-11-32(13-29-14)20-6-5-15(10-22(20)34-2)19-4-3-7-31(24(28)30-19)12-21(33)16-8-17(25)23(27)18(26)9-16/h5-6,8-11,13,19,21,33H,3-4,7,12H2,1-2H3,(H2,28,30)/p+1. The zero-order chi connectivity index (χ0) is 24.4. The topological polar surface area (TPSA) is 88.3 Å². The monoisotopic (exact) mass is 474 g/mol. The van der Waals surface area contributed by atoms with Crippen LogP contribution < -0.4 is 15.8 Å². The molecule has 2 unspecified atom stereocenters. The van der Waals surface area contributed by atoms with E-state index in [0.717, 1.165) is 41.9 Å². The molecule has 1 aromatic heterocycles.